The maximum Gasteiger partial charge on any atom is 0.260 e. The molecule has 178 valence electrons. The summed E-state index contributed by atoms with van der Waals surface area (Å²) >= 11 is 13.7. The van der Waals surface area contributed by atoms with Gasteiger partial charge in [-0.05, 0) is 71.8 Å². The molecule has 1 unspecified atom stereocenters. The second kappa shape index (κ2) is 11.3. The average molecular weight is 517 g/mol. The molecule has 0 fully saturated rings. The zero-order chi connectivity index (χ0) is 24.1. The maximum atomic E-state index is 13.5. The van der Waals surface area contributed by atoms with Crippen LogP contribution in [0, 0.1) is 0 Å². The van der Waals surface area contributed by atoms with Crippen LogP contribution in [0.4, 0.5) is 0 Å². The Balaban J connectivity index is 1.49. The highest BCUT2D eigenvalue weighted by Crippen LogP contribution is 2.38. The topological polar surface area (TPSA) is 49.9 Å². The molecule has 34 heavy (non-hydrogen) atoms. The number of amides is 2. The largest absolute Gasteiger partial charge is 0.484 e. The van der Waals surface area contributed by atoms with Crippen molar-refractivity contribution in [3.63, 3.8) is 0 Å². The lowest BCUT2D eigenvalue weighted by Crippen LogP contribution is -2.47. The van der Waals surface area contributed by atoms with Crippen LogP contribution in [0.5, 0.6) is 5.75 Å². The van der Waals surface area contributed by atoms with E-state index in [0.29, 0.717) is 28.9 Å². The van der Waals surface area contributed by atoms with Gasteiger partial charge in [-0.1, -0.05) is 42.3 Å². The van der Waals surface area contributed by atoms with Crippen molar-refractivity contribution in [1.29, 1.82) is 0 Å². The number of carbonyl (C=O) groups excluding carboxylic acids is 2. The van der Waals surface area contributed by atoms with Gasteiger partial charge in [0.1, 0.15) is 5.75 Å². The van der Waals surface area contributed by atoms with Crippen molar-refractivity contribution in [3.8, 4) is 5.75 Å². The molecule has 0 N–H and O–H groups in total. The van der Waals surface area contributed by atoms with Crippen LogP contribution in [0.2, 0.25) is 10.0 Å². The Morgan fingerprint density at radius 2 is 1.74 bits per heavy atom. The van der Waals surface area contributed by atoms with Crippen molar-refractivity contribution in [3.05, 3.63) is 86.0 Å². The molecular formula is C26H26Cl2N2O3S. The summed E-state index contributed by atoms with van der Waals surface area (Å²) in [5, 5.41) is 3.33. The van der Waals surface area contributed by atoms with Gasteiger partial charge in [0.25, 0.3) is 5.91 Å². The lowest BCUT2D eigenvalue weighted by Gasteiger charge is -2.37. The lowest BCUT2D eigenvalue weighted by molar-refractivity contribution is -0.142. The smallest absolute Gasteiger partial charge is 0.260 e. The first kappa shape index (κ1) is 24.6. The summed E-state index contributed by atoms with van der Waals surface area (Å²) in [5.41, 5.74) is 2.16. The summed E-state index contributed by atoms with van der Waals surface area (Å²) in [7, 11) is 0. The standard InChI is InChI=1S/C26H26Cl2N2O3S/c1-2-13-29(25(32)17-33-21-9-7-20(28)8-10-21)16-24(31)30-14-11-23-22(12-15-34-23)26(30)18-3-5-19(27)6-4-18/h3-10,12,15,26H,2,11,13-14,16-17H2,1H3. The highest BCUT2D eigenvalue weighted by Gasteiger charge is 2.33. The zero-order valence-electron chi connectivity index (χ0n) is 18.9. The Hall–Kier alpha value is -2.54. The van der Waals surface area contributed by atoms with Gasteiger partial charge in [-0.3, -0.25) is 9.59 Å². The van der Waals surface area contributed by atoms with E-state index in [9.17, 15) is 9.59 Å². The van der Waals surface area contributed by atoms with E-state index in [1.165, 1.54) is 4.88 Å². The molecule has 5 nitrogen and oxygen atoms in total. The van der Waals surface area contributed by atoms with Gasteiger partial charge in [0.15, 0.2) is 6.61 Å². The summed E-state index contributed by atoms with van der Waals surface area (Å²) in [5.74, 6) is 0.260. The second-order valence-corrected chi connectivity index (χ2v) is 10.0. The molecule has 0 radical (unpaired) electrons. The van der Waals surface area contributed by atoms with Crippen molar-refractivity contribution in [2.75, 3.05) is 26.2 Å². The number of benzene rings is 2. The van der Waals surface area contributed by atoms with Gasteiger partial charge in [0.2, 0.25) is 5.91 Å². The zero-order valence-corrected chi connectivity index (χ0v) is 21.2. The molecule has 1 aliphatic heterocycles. The van der Waals surface area contributed by atoms with Crippen molar-refractivity contribution < 1.29 is 14.3 Å². The molecule has 1 atom stereocenters. The first-order valence-electron chi connectivity index (χ1n) is 11.2. The predicted octanol–water partition coefficient (Wildman–Crippen LogP) is 5.85. The number of ether oxygens (including phenoxy) is 1. The molecule has 1 aliphatic rings. The maximum absolute atomic E-state index is 13.5. The Kier molecular flexibility index (Phi) is 8.14. The highest BCUT2D eigenvalue weighted by molar-refractivity contribution is 7.10. The lowest BCUT2D eigenvalue weighted by atomic mass is 9.93. The summed E-state index contributed by atoms with van der Waals surface area (Å²) in [6, 6.07) is 16.4. The number of nitrogens with zero attached hydrogens (tertiary/aromatic N) is 2. The van der Waals surface area contributed by atoms with E-state index in [1.807, 2.05) is 36.1 Å². The minimum Gasteiger partial charge on any atom is -0.484 e. The van der Waals surface area contributed by atoms with Crippen molar-refractivity contribution in [1.82, 2.24) is 9.80 Å². The van der Waals surface area contributed by atoms with Gasteiger partial charge in [0.05, 0.1) is 12.6 Å². The third kappa shape index (κ3) is 5.74. The minimum absolute atomic E-state index is 0.0141. The third-order valence-corrected chi connectivity index (χ3v) is 7.32. The summed E-state index contributed by atoms with van der Waals surface area (Å²) in [6.07, 6.45) is 1.56. The molecule has 0 spiro atoms. The van der Waals surface area contributed by atoms with E-state index >= 15 is 0 Å². The van der Waals surface area contributed by atoms with Crippen LogP contribution in [0.15, 0.2) is 60.0 Å². The molecule has 3 aromatic rings. The SMILES string of the molecule is CCCN(CC(=O)N1CCc2sccc2C1c1ccc(Cl)cc1)C(=O)COc1ccc(Cl)cc1. The first-order valence-corrected chi connectivity index (χ1v) is 12.9. The molecule has 4 rings (SSSR count). The van der Waals surface area contributed by atoms with E-state index < -0.39 is 0 Å². The van der Waals surface area contributed by atoms with Gasteiger partial charge < -0.3 is 14.5 Å². The number of fused-ring (bicyclic) bond motifs is 1. The van der Waals surface area contributed by atoms with E-state index in [-0.39, 0.29) is 31.0 Å². The molecular weight excluding hydrogens is 491 g/mol. The fourth-order valence-electron chi connectivity index (χ4n) is 4.17. The predicted molar refractivity (Wildman–Crippen MR) is 137 cm³/mol. The van der Waals surface area contributed by atoms with E-state index in [4.69, 9.17) is 27.9 Å². The monoisotopic (exact) mass is 516 g/mol. The van der Waals surface area contributed by atoms with Crippen LogP contribution in [-0.2, 0) is 16.0 Å². The van der Waals surface area contributed by atoms with E-state index in [2.05, 4.69) is 11.4 Å². The molecule has 2 amide bonds. The number of hydrogen-bond acceptors (Lipinski definition) is 4. The van der Waals surface area contributed by atoms with Crippen LogP contribution >= 0.6 is 34.5 Å². The van der Waals surface area contributed by atoms with Gasteiger partial charge in [-0.2, -0.15) is 0 Å². The Labute approximate surface area is 213 Å². The third-order valence-electron chi connectivity index (χ3n) is 5.82. The molecule has 8 heteroatoms. The van der Waals surface area contributed by atoms with Gasteiger partial charge in [-0.15, -0.1) is 11.3 Å². The number of thiophene rings is 1. The second-order valence-electron chi connectivity index (χ2n) is 8.15. The van der Waals surface area contributed by atoms with Gasteiger partial charge >= 0.3 is 0 Å². The number of halogens is 2. The summed E-state index contributed by atoms with van der Waals surface area (Å²) < 4.78 is 5.63. The molecule has 0 bridgehead atoms. The Bertz CT molecular complexity index is 1130. The van der Waals surface area contributed by atoms with Gasteiger partial charge in [0, 0.05) is 28.0 Å². The van der Waals surface area contributed by atoms with E-state index in [1.54, 1.807) is 40.5 Å². The fraction of sp³-hybridized carbons (Fsp3) is 0.308. The van der Waals surface area contributed by atoms with Crippen LogP contribution in [0.3, 0.4) is 0 Å². The van der Waals surface area contributed by atoms with Crippen LogP contribution in [0.25, 0.3) is 0 Å². The quantitative estimate of drug-likeness (QED) is 0.377. The molecule has 0 saturated carbocycles. The number of hydrogen-bond donors (Lipinski definition) is 0. The summed E-state index contributed by atoms with van der Waals surface area (Å²) in [6.45, 7) is 2.96. The van der Waals surface area contributed by atoms with Crippen molar-refractivity contribution in [2.45, 2.75) is 25.8 Å². The molecule has 2 aromatic carbocycles. The van der Waals surface area contributed by atoms with Crippen LogP contribution < -0.4 is 4.74 Å². The Morgan fingerprint density at radius 1 is 1.06 bits per heavy atom. The van der Waals surface area contributed by atoms with Crippen LogP contribution in [-0.4, -0.2) is 47.9 Å². The molecule has 2 heterocycles. The van der Waals surface area contributed by atoms with Crippen molar-refractivity contribution >= 4 is 46.4 Å². The normalized spacial score (nSPS) is 15.0. The molecule has 0 saturated heterocycles. The summed E-state index contributed by atoms with van der Waals surface area (Å²) in [4.78, 5) is 31.2. The van der Waals surface area contributed by atoms with Gasteiger partial charge in [-0.25, -0.2) is 0 Å². The number of rotatable bonds is 8. The number of carbonyl (C=O) groups is 2. The van der Waals surface area contributed by atoms with Crippen molar-refractivity contribution in [2.24, 2.45) is 0 Å². The van der Waals surface area contributed by atoms with E-state index in [0.717, 1.165) is 24.0 Å². The fourth-order valence-corrected chi connectivity index (χ4v) is 5.33. The highest BCUT2D eigenvalue weighted by atomic mass is 35.5. The average Bonchev–Trinajstić information content (AvgIpc) is 3.32. The minimum atomic E-state index is -0.221. The molecule has 0 aliphatic carbocycles. The molecule has 1 aromatic heterocycles. The Morgan fingerprint density at radius 3 is 2.41 bits per heavy atom. The van der Waals surface area contributed by atoms with Crippen LogP contribution in [0.1, 0.15) is 35.4 Å². The first-order chi connectivity index (χ1) is 16.5.